The van der Waals surface area contributed by atoms with Crippen LogP contribution in [-0.4, -0.2) is 12.3 Å². The third-order valence-corrected chi connectivity index (χ3v) is 2.08. The molecule has 1 aliphatic heterocycles. The summed E-state index contributed by atoms with van der Waals surface area (Å²) < 4.78 is 0. The van der Waals surface area contributed by atoms with Gasteiger partial charge in [-0.3, -0.25) is 0 Å². The molecule has 0 spiro atoms. The van der Waals surface area contributed by atoms with Gasteiger partial charge in [0.25, 0.3) is 0 Å². The lowest BCUT2D eigenvalue weighted by atomic mass is 10.1. The van der Waals surface area contributed by atoms with Crippen LogP contribution >= 0.6 is 0 Å². The Morgan fingerprint density at radius 1 is 1.60 bits per heavy atom. The van der Waals surface area contributed by atoms with E-state index in [2.05, 4.69) is 49.2 Å². The predicted octanol–water partition coefficient (Wildman–Crippen LogP) is 2.97. The third kappa shape index (κ3) is 3.98. The number of nitrogens with one attached hydrogen (secondary N) is 1. The Labute approximate surface area is 91.8 Å². The van der Waals surface area contributed by atoms with E-state index >= 15 is 0 Å². The first kappa shape index (κ1) is 11.5. The molecule has 1 aliphatic rings. The van der Waals surface area contributed by atoms with E-state index in [1.165, 1.54) is 5.57 Å². The smallest absolute Gasteiger partial charge is 0.0873 e. The highest BCUT2D eigenvalue weighted by Gasteiger charge is 2.05. The first-order valence-electron chi connectivity index (χ1n) is 5.24. The predicted molar refractivity (Wildman–Crippen MR) is 66.9 cm³/mol. The molecule has 0 radical (unpaired) electrons. The second kappa shape index (κ2) is 6.02. The van der Waals surface area contributed by atoms with Crippen molar-refractivity contribution in [3.63, 3.8) is 0 Å². The van der Waals surface area contributed by atoms with Crippen molar-refractivity contribution in [2.75, 3.05) is 6.54 Å². The number of hydrogen-bond donors (Lipinski definition) is 1. The molecule has 0 aromatic carbocycles. The van der Waals surface area contributed by atoms with Crippen LogP contribution in [0.15, 0.2) is 53.2 Å². The Bertz CT molecular complexity index is 344. The first-order valence-corrected chi connectivity index (χ1v) is 5.24. The van der Waals surface area contributed by atoms with Gasteiger partial charge >= 0.3 is 0 Å². The van der Waals surface area contributed by atoms with Gasteiger partial charge in [0.15, 0.2) is 0 Å². The lowest BCUT2D eigenvalue weighted by Gasteiger charge is -1.90. The molecule has 2 heteroatoms. The van der Waals surface area contributed by atoms with Crippen LogP contribution in [0.25, 0.3) is 0 Å². The summed E-state index contributed by atoms with van der Waals surface area (Å²) in [7, 11) is 0. The fourth-order valence-corrected chi connectivity index (χ4v) is 1.20. The molecule has 1 N–H and O–H groups in total. The third-order valence-electron chi connectivity index (χ3n) is 2.08. The Morgan fingerprint density at radius 3 is 3.00 bits per heavy atom. The van der Waals surface area contributed by atoms with Gasteiger partial charge in [0.05, 0.1) is 12.3 Å². The van der Waals surface area contributed by atoms with E-state index in [1.807, 2.05) is 12.2 Å². The summed E-state index contributed by atoms with van der Waals surface area (Å²) in [5.41, 5.74) is 6.12. The molecule has 0 aliphatic carbocycles. The Morgan fingerprint density at radius 2 is 2.40 bits per heavy atom. The van der Waals surface area contributed by atoms with Crippen LogP contribution in [0, 0.1) is 0 Å². The maximum absolute atomic E-state index is 4.11. The maximum Gasteiger partial charge on any atom is 0.0873 e. The highest BCUT2D eigenvalue weighted by atomic mass is 15.3. The average molecular weight is 202 g/mol. The Kier molecular flexibility index (Phi) is 4.61. The van der Waals surface area contributed by atoms with Crippen LogP contribution < -0.4 is 5.43 Å². The van der Waals surface area contributed by atoms with E-state index in [9.17, 15) is 0 Å². The summed E-state index contributed by atoms with van der Waals surface area (Å²) in [6.45, 7) is 8.88. The molecule has 0 saturated carbocycles. The molecule has 1 rings (SSSR count). The highest BCUT2D eigenvalue weighted by molar-refractivity contribution is 6.09. The highest BCUT2D eigenvalue weighted by Crippen LogP contribution is 2.03. The minimum Gasteiger partial charge on any atom is -0.305 e. The van der Waals surface area contributed by atoms with Crippen LogP contribution in [-0.2, 0) is 0 Å². The van der Waals surface area contributed by atoms with Crippen molar-refractivity contribution < 1.29 is 0 Å². The number of hydrogen-bond acceptors (Lipinski definition) is 2. The van der Waals surface area contributed by atoms with E-state index in [-0.39, 0.29) is 0 Å². The molecule has 0 bridgehead atoms. The van der Waals surface area contributed by atoms with Gasteiger partial charge in [-0.2, -0.15) is 5.10 Å². The van der Waals surface area contributed by atoms with Gasteiger partial charge in [0, 0.05) is 0 Å². The van der Waals surface area contributed by atoms with Crippen molar-refractivity contribution in [3.05, 3.63) is 48.1 Å². The monoisotopic (exact) mass is 202 g/mol. The molecular weight excluding hydrogens is 184 g/mol. The molecule has 0 saturated heterocycles. The topological polar surface area (TPSA) is 24.4 Å². The SMILES string of the molecule is C=C1CNN=C1/C=C/C=C(C)\C=C\CC. The average Bonchev–Trinajstić information content (AvgIpc) is 2.61. The second-order valence-electron chi connectivity index (χ2n) is 3.52. The van der Waals surface area contributed by atoms with Crippen molar-refractivity contribution in [2.45, 2.75) is 20.3 Å². The van der Waals surface area contributed by atoms with Gasteiger partial charge in [0.2, 0.25) is 0 Å². The molecule has 1 heterocycles. The zero-order valence-corrected chi connectivity index (χ0v) is 9.46. The summed E-state index contributed by atoms with van der Waals surface area (Å²) in [5.74, 6) is 0. The van der Waals surface area contributed by atoms with Gasteiger partial charge in [-0.15, -0.1) is 0 Å². The lowest BCUT2D eigenvalue weighted by Crippen LogP contribution is -1.99. The van der Waals surface area contributed by atoms with E-state index in [1.54, 1.807) is 0 Å². The summed E-state index contributed by atoms with van der Waals surface area (Å²) in [5, 5.41) is 4.11. The summed E-state index contributed by atoms with van der Waals surface area (Å²) in [6.07, 6.45) is 11.4. The van der Waals surface area contributed by atoms with Crippen molar-refractivity contribution in [1.29, 1.82) is 0 Å². The van der Waals surface area contributed by atoms with Crippen LogP contribution in [0.5, 0.6) is 0 Å². The quantitative estimate of drug-likeness (QED) is 0.696. The normalized spacial score (nSPS) is 17.6. The van der Waals surface area contributed by atoms with Crippen LogP contribution in [0.3, 0.4) is 0 Å². The van der Waals surface area contributed by atoms with Crippen molar-refractivity contribution in [2.24, 2.45) is 5.10 Å². The first-order chi connectivity index (χ1) is 7.24. The van der Waals surface area contributed by atoms with Crippen LogP contribution in [0.2, 0.25) is 0 Å². The van der Waals surface area contributed by atoms with E-state index in [0.29, 0.717) is 0 Å². The number of hydrazone groups is 1. The van der Waals surface area contributed by atoms with Crippen molar-refractivity contribution in [3.8, 4) is 0 Å². The molecule has 0 amide bonds. The van der Waals surface area contributed by atoms with Gasteiger partial charge in [-0.25, -0.2) is 0 Å². The molecular formula is C13H18N2. The molecule has 0 unspecified atom stereocenters. The molecule has 0 atom stereocenters. The second-order valence-corrected chi connectivity index (χ2v) is 3.52. The molecule has 0 fully saturated rings. The number of nitrogens with zero attached hydrogens (tertiary/aromatic N) is 1. The minimum atomic E-state index is 0.762. The standard InChI is InChI=1S/C13H18N2/c1-4-5-7-11(2)8-6-9-13-12(3)10-14-15-13/h5-9,14H,3-4,10H2,1-2H3/b7-5+,9-6+,11-8-. The van der Waals surface area contributed by atoms with Crippen molar-refractivity contribution >= 4 is 5.71 Å². The van der Waals surface area contributed by atoms with Gasteiger partial charge < -0.3 is 5.43 Å². The maximum atomic E-state index is 4.11. The molecule has 2 nitrogen and oxygen atoms in total. The molecule has 80 valence electrons. The molecule has 15 heavy (non-hydrogen) atoms. The molecule has 0 aromatic rings. The molecule has 0 aromatic heterocycles. The Hall–Kier alpha value is -1.57. The van der Waals surface area contributed by atoms with E-state index in [0.717, 1.165) is 24.3 Å². The van der Waals surface area contributed by atoms with E-state index < -0.39 is 0 Å². The summed E-state index contributed by atoms with van der Waals surface area (Å²) in [4.78, 5) is 0. The van der Waals surface area contributed by atoms with Gasteiger partial charge in [-0.05, 0) is 25.0 Å². The zero-order chi connectivity index (χ0) is 11.1. The Balaban J connectivity index is 2.51. The summed E-state index contributed by atoms with van der Waals surface area (Å²) in [6, 6.07) is 0. The van der Waals surface area contributed by atoms with Crippen molar-refractivity contribution in [1.82, 2.24) is 5.43 Å². The largest absolute Gasteiger partial charge is 0.305 e. The number of allylic oxidation sites excluding steroid dienone is 6. The fraction of sp³-hybridized carbons (Fsp3) is 0.308. The number of rotatable bonds is 4. The minimum absolute atomic E-state index is 0.762. The van der Waals surface area contributed by atoms with Crippen LogP contribution in [0.4, 0.5) is 0 Å². The fourth-order valence-electron chi connectivity index (χ4n) is 1.20. The zero-order valence-electron chi connectivity index (χ0n) is 9.46. The lowest BCUT2D eigenvalue weighted by molar-refractivity contribution is 0.856. The van der Waals surface area contributed by atoms with E-state index in [4.69, 9.17) is 0 Å². The van der Waals surface area contributed by atoms with Gasteiger partial charge in [-0.1, -0.05) is 43.4 Å². The van der Waals surface area contributed by atoms with Gasteiger partial charge in [0.1, 0.15) is 0 Å². The summed E-state index contributed by atoms with van der Waals surface area (Å²) >= 11 is 0. The van der Waals surface area contributed by atoms with Crippen LogP contribution in [0.1, 0.15) is 20.3 Å².